The molecular formula is C24H27N3O4S2. The monoisotopic (exact) mass is 485 g/mol. The Labute approximate surface area is 198 Å². The van der Waals surface area contributed by atoms with Gasteiger partial charge in [-0.2, -0.15) is 4.31 Å². The van der Waals surface area contributed by atoms with Crippen molar-refractivity contribution in [3.63, 3.8) is 0 Å². The Balaban J connectivity index is 1.32. The Kier molecular flexibility index (Phi) is 7.42. The van der Waals surface area contributed by atoms with E-state index in [4.69, 9.17) is 4.74 Å². The molecule has 9 heteroatoms. The first-order valence-electron chi connectivity index (χ1n) is 10.9. The van der Waals surface area contributed by atoms with Crippen molar-refractivity contribution in [3.8, 4) is 5.75 Å². The summed E-state index contributed by atoms with van der Waals surface area (Å²) in [6.45, 7) is 3.01. The number of thiophene rings is 1. The van der Waals surface area contributed by atoms with Gasteiger partial charge in [-0.1, -0.05) is 24.3 Å². The fraction of sp³-hybridized carbons (Fsp3) is 0.333. The van der Waals surface area contributed by atoms with Crippen LogP contribution in [0.15, 0.2) is 70.5 Å². The van der Waals surface area contributed by atoms with E-state index in [2.05, 4.69) is 10.3 Å². The van der Waals surface area contributed by atoms with Crippen molar-refractivity contribution in [1.82, 2.24) is 14.6 Å². The maximum Gasteiger partial charge on any atom is 0.252 e. The number of amides is 1. The summed E-state index contributed by atoms with van der Waals surface area (Å²) >= 11 is 1.20. The summed E-state index contributed by atoms with van der Waals surface area (Å²) in [5.74, 6) is 0.256. The molecule has 1 aliphatic rings. The second-order valence-corrected chi connectivity index (χ2v) is 11.2. The van der Waals surface area contributed by atoms with E-state index in [0.717, 1.165) is 16.9 Å². The average Bonchev–Trinajstić information content (AvgIpc) is 3.40. The van der Waals surface area contributed by atoms with Crippen molar-refractivity contribution < 1.29 is 17.9 Å². The summed E-state index contributed by atoms with van der Waals surface area (Å²) in [7, 11) is -3.54. The SMILES string of the molecule is CC(NC(=O)C1CCCN(S(=O)(=O)c2cccs2)C1)c1ccc(OCc2cccnc2)cc1. The Morgan fingerprint density at radius 3 is 2.76 bits per heavy atom. The lowest BCUT2D eigenvalue weighted by molar-refractivity contribution is -0.126. The first-order chi connectivity index (χ1) is 15.9. The molecule has 2 aromatic heterocycles. The van der Waals surface area contributed by atoms with Crippen LogP contribution in [0.1, 0.15) is 36.9 Å². The number of aromatic nitrogens is 1. The molecule has 0 saturated carbocycles. The van der Waals surface area contributed by atoms with Gasteiger partial charge in [-0.05, 0) is 55.0 Å². The summed E-state index contributed by atoms with van der Waals surface area (Å²) in [5.41, 5.74) is 1.95. The Morgan fingerprint density at radius 1 is 1.24 bits per heavy atom. The number of rotatable bonds is 8. The third-order valence-electron chi connectivity index (χ3n) is 5.71. The Hall–Kier alpha value is -2.75. The maximum atomic E-state index is 12.9. The highest BCUT2D eigenvalue weighted by Gasteiger charge is 2.34. The van der Waals surface area contributed by atoms with Crippen molar-refractivity contribution in [2.75, 3.05) is 13.1 Å². The number of sulfonamides is 1. The largest absolute Gasteiger partial charge is 0.489 e. The molecule has 1 saturated heterocycles. The van der Waals surface area contributed by atoms with Gasteiger partial charge in [-0.3, -0.25) is 9.78 Å². The zero-order valence-corrected chi connectivity index (χ0v) is 20.0. The molecule has 3 heterocycles. The average molecular weight is 486 g/mol. The number of hydrogen-bond acceptors (Lipinski definition) is 6. The van der Waals surface area contributed by atoms with Crippen LogP contribution in [0.3, 0.4) is 0 Å². The zero-order chi connectivity index (χ0) is 23.3. The van der Waals surface area contributed by atoms with Gasteiger partial charge in [-0.15, -0.1) is 11.3 Å². The molecular weight excluding hydrogens is 458 g/mol. The van der Waals surface area contributed by atoms with Crippen LogP contribution in [0.2, 0.25) is 0 Å². The molecule has 4 rings (SSSR count). The number of piperidine rings is 1. The molecule has 33 heavy (non-hydrogen) atoms. The van der Waals surface area contributed by atoms with Crippen LogP contribution in [-0.4, -0.2) is 36.7 Å². The minimum Gasteiger partial charge on any atom is -0.489 e. The van der Waals surface area contributed by atoms with E-state index in [1.54, 1.807) is 29.9 Å². The minimum atomic E-state index is -3.54. The number of carbonyl (C=O) groups is 1. The van der Waals surface area contributed by atoms with E-state index in [1.807, 2.05) is 43.3 Å². The smallest absolute Gasteiger partial charge is 0.252 e. The van der Waals surface area contributed by atoms with Gasteiger partial charge in [-0.25, -0.2) is 8.42 Å². The number of nitrogens with zero attached hydrogens (tertiary/aromatic N) is 2. The van der Waals surface area contributed by atoms with Gasteiger partial charge < -0.3 is 10.1 Å². The molecule has 0 bridgehead atoms. The quantitative estimate of drug-likeness (QED) is 0.521. The maximum absolute atomic E-state index is 12.9. The lowest BCUT2D eigenvalue weighted by Crippen LogP contribution is -2.45. The molecule has 1 aromatic carbocycles. The van der Waals surface area contributed by atoms with Crippen LogP contribution in [-0.2, 0) is 21.4 Å². The van der Waals surface area contributed by atoms with Gasteiger partial charge in [0.25, 0.3) is 10.0 Å². The Morgan fingerprint density at radius 2 is 2.06 bits per heavy atom. The first-order valence-corrected chi connectivity index (χ1v) is 13.2. The number of benzene rings is 1. The van der Waals surface area contributed by atoms with E-state index in [1.165, 1.54) is 15.6 Å². The number of nitrogens with one attached hydrogen (secondary N) is 1. The van der Waals surface area contributed by atoms with Crippen molar-refractivity contribution in [1.29, 1.82) is 0 Å². The van der Waals surface area contributed by atoms with Gasteiger partial charge in [0.2, 0.25) is 5.91 Å². The van der Waals surface area contributed by atoms with Crippen LogP contribution in [0, 0.1) is 5.92 Å². The van der Waals surface area contributed by atoms with E-state index >= 15 is 0 Å². The fourth-order valence-corrected chi connectivity index (χ4v) is 6.50. The van der Waals surface area contributed by atoms with Crippen molar-refractivity contribution in [2.45, 2.75) is 36.6 Å². The van der Waals surface area contributed by atoms with E-state index < -0.39 is 10.0 Å². The van der Waals surface area contributed by atoms with Crippen molar-refractivity contribution in [2.24, 2.45) is 5.92 Å². The molecule has 174 valence electrons. The molecule has 1 fully saturated rings. The molecule has 2 atom stereocenters. The highest BCUT2D eigenvalue weighted by atomic mass is 32.2. The molecule has 1 aliphatic heterocycles. The van der Waals surface area contributed by atoms with Crippen LogP contribution in [0.4, 0.5) is 0 Å². The molecule has 0 aliphatic carbocycles. The van der Waals surface area contributed by atoms with Gasteiger partial charge in [0.15, 0.2) is 0 Å². The van der Waals surface area contributed by atoms with Crippen molar-refractivity contribution in [3.05, 3.63) is 77.4 Å². The van der Waals surface area contributed by atoms with E-state index in [9.17, 15) is 13.2 Å². The summed E-state index contributed by atoms with van der Waals surface area (Å²) in [6, 6.07) is 14.6. The molecule has 7 nitrogen and oxygen atoms in total. The summed E-state index contributed by atoms with van der Waals surface area (Å²) in [5, 5.41) is 4.79. The number of ether oxygens (including phenoxy) is 1. The Bertz CT molecular complexity index is 1150. The zero-order valence-electron chi connectivity index (χ0n) is 18.4. The van der Waals surface area contributed by atoms with Crippen LogP contribution in [0.5, 0.6) is 5.75 Å². The second-order valence-electron chi connectivity index (χ2n) is 8.08. The standard InChI is InChI=1S/C24H27N3O4S2/c1-18(20-8-10-22(11-9-20)31-17-19-5-2-12-25-15-19)26-24(28)21-6-3-13-27(16-21)33(29,30)23-7-4-14-32-23/h2,4-5,7-12,14-15,18,21H,3,6,13,16-17H2,1H3,(H,26,28). The minimum absolute atomic E-state index is 0.120. The molecule has 2 unspecified atom stereocenters. The fourth-order valence-electron chi connectivity index (χ4n) is 3.83. The van der Waals surface area contributed by atoms with Crippen LogP contribution >= 0.6 is 11.3 Å². The van der Waals surface area contributed by atoms with Gasteiger partial charge in [0.1, 0.15) is 16.6 Å². The molecule has 0 spiro atoms. The van der Waals surface area contributed by atoms with Crippen LogP contribution < -0.4 is 10.1 Å². The number of hydrogen-bond donors (Lipinski definition) is 1. The normalized spacial score (nSPS) is 17.9. The van der Waals surface area contributed by atoms with Crippen LogP contribution in [0.25, 0.3) is 0 Å². The molecule has 3 aromatic rings. The molecule has 1 amide bonds. The first kappa shape index (κ1) is 23.4. The number of pyridine rings is 1. The summed E-state index contributed by atoms with van der Waals surface area (Å²) in [4.78, 5) is 17.0. The summed E-state index contributed by atoms with van der Waals surface area (Å²) in [6.07, 6.45) is 4.84. The highest BCUT2D eigenvalue weighted by Crippen LogP contribution is 2.27. The summed E-state index contributed by atoms with van der Waals surface area (Å²) < 4.78 is 33.2. The lowest BCUT2D eigenvalue weighted by Gasteiger charge is -2.31. The van der Waals surface area contributed by atoms with Gasteiger partial charge in [0.05, 0.1) is 12.0 Å². The molecule has 1 N–H and O–H groups in total. The second kappa shape index (κ2) is 10.5. The van der Waals surface area contributed by atoms with E-state index in [0.29, 0.717) is 30.2 Å². The lowest BCUT2D eigenvalue weighted by atomic mass is 9.98. The topological polar surface area (TPSA) is 88.6 Å². The van der Waals surface area contributed by atoms with Gasteiger partial charge >= 0.3 is 0 Å². The molecule has 0 radical (unpaired) electrons. The van der Waals surface area contributed by atoms with Gasteiger partial charge in [0, 0.05) is 31.0 Å². The van der Waals surface area contributed by atoms with E-state index in [-0.39, 0.29) is 24.4 Å². The predicted molar refractivity (Wildman–Crippen MR) is 127 cm³/mol. The third kappa shape index (κ3) is 5.79. The highest BCUT2D eigenvalue weighted by molar-refractivity contribution is 7.91. The third-order valence-corrected chi connectivity index (χ3v) is 8.95. The predicted octanol–water partition coefficient (Wildman–Crippen LogP) is 4.00. The van der Waals surface area contributed by atoms with Crippen molar-refractivity contribution >= 4 is 27.3 Å². The number of carbonyl (C=O) groups excluding carboxylic acids is 1.